The molecule has 0 aromatic heterocycles. The first-order chi connectivity index (χ1) is 11.2. The van der Waals surface area contributed by atoms with Gasteiger partial charge >= 0.3 is 0 Å². The molecule has 3 rings (SSSR count). The molecule has 2 aromatic rings. The Morgan fingerprint density at radius 2 is 1.91 bits per heavy atom. The normalized spacial score (nSPS) is 13.7. The fourth-order valence-electron chi connectivity index (χ4n) is 2.66. The number of halogens is 1. The second kappa shape index (κ2) is 6.82. The van der Waals surface area contributed by atoms with Crippen LogP contribution in [0.5, 0.6) is 5.75 Å². The summed E-state index contributed by atoms with van der Waals surface area (Å²) >= 11 is 0. The molecule has 0 spiro atoms. The SMILES string of the molecule is COc1ccc(CN(C(=O)Cc2cccc(F)c2)C2CC2)cc1. The minimum absolute atomic E-state index is 0.0499. The van der Waals surface area contributed by atoms with Crippen LogP contribution < -0.4 is 4.74 Å². The van der Waals surface area contributed by atoms with Crippen molar-refractivity contribution in [1.82, 2.24) is 4.90 Å². The molecule has 0 saturated heterocycles. The second-order valence-electron chi connectivity index (χ2n) is 5.91. The van der Waals surface area contributed by atoms with Crippen LogP contribution in [0.25, 0.3) is 0 Å². The van der Waals surface area contributed by atoms with Gasteiger partial charge in [0.05, 0.1) is 13.5 Å². The maximum atomic E-state index is 13.3. The lowest BCUT2D eigenvalue weighted by atomic mass is 10.1. The number of hydrogen-bond acceptors (Lipinski definition) is 2. The highest BCUT2D eigenvalue weighted by Gasteiger charge is 2.32. The number of methoxy groups -OCH3 is 1. The van der Waals surface area contributed by atoms with E-state index in [1.165, 1.54) is 12.1 Å². The van der Waals surface area contributed by atoms with Gasteiger partial charge in [-0.25, -0.2) is 4.39 Å². The molecule has 0 radical (unpaired) electrons. The molecule has 0 atom stereocenters. The smallest absolute Gasteiger partial charge is 0.227 e. The highest BCUT2D eigenvalue weighted by molar-refractivity contribution is 5.79. The van der Waals surface area contributed by atoms with E-state index in [4.69, 9.17) is 4.74 Å². The Balaban J connectivity index is 1.69. The number of carbonyl (C=O) groups is 1. The zero-order valence-electron chi connectivity index (χ0n) is 13.2. The average Bonchev–Trinajstić information content (AvgIpc) is 3.38. The molecule has 0 heterocycles. The van der Waals surface area contributed by atoms with Crippen molar-refractivity contribution in [2.45, 2.75) is 31.8 Å². The van der Waals surface area contributed by atoms with Crippen molar-refractivity contribution >= 4 is 5.91 Å². The van der Waals surface area contributed by atoms with E-state index in [9.17, 15) is 9.18 Å². The molecule has 1 saturated carbocycles. The lowest BCUT2D eigenvalue weighted by Crippen LogP contribution is -2.33. The van der Waals surface area contributed by atoms with Crippen molar-refractivity contribution in [2.75, 3.05) is 7.11 Å². The third-order valence-corrected chi connectivity index (χ3v) is 4.06. The number of benzene rings is 2. The Morgan fingerprint density at radius 3 is 2.52 bits per heavy atom. The van der Waals surface area contributed by atoms with Crippen molar-refractivity contribution in [3.8, 4) is 5.75 Å². The number of amides is 1. The summed E-state index contributed by atoms with van der Waals surface area (Å²) in [6.07, 6.45) is 2.33. The summed E-state index contributed by atoms with van der Waals surface area (Å²) < 4.78 is 18.4. The van der Waals surface area contributed by atoms with Crippen molar-refractivity contribution in [3.05, 3.63) is 65.5 Å². The van der Waals surface area contributed by atoms with Gasteiger partial charge in [-0.2, -0.15) is 0 Å². The van der Waals surface area contributed by atoms with E-state index < -0.39 is 0 Å². The van der Waals surface area contributed by atoms with Gasteiger partial charge in [-0.3, -0.25) is 4.79 Å². The molecule has 1 aliphatic carbocycles. The second-order valence-corrected chi connectivity index (χ2v) is 5.91. The van der Waals surface area contributed by atoms with E-state index in [0.717, 1.165) is 29.7 Å². The number of ether oxygens (including phenoxy) is 1. The standard InChI is InChI=1S/C19H20FNO2/c1-23-18-9-5-14(6-10-18)13-21(17-7-8-17)19(22)12-15-3-2-4-16(20)11-15/h2-6,9-11,17H,7-8,12-13H2,1H3. The third-order valence-electron chi connectivity index (χ3n) is 4.06. The van der Waals surface area contributed by atoms with Crippen LogP contribution in [0.3, 0.4) is 0 Å². The minimum atomic E-state index is -0.302. The maximum absolute atomic E-state index is 13.3. The van der Waals surface area contributed by atoms with E-state index in [2.05, 4.69) is 0 Å². The summed E-state index contributed by atoms with van der Waals surface area (Å²) in [6.45, 7) is 0.586. The molecular weight excluding hydrogens is 293 g/mol. The summed E-state index contributed by atoms with van der Waals surface area (Å²) in [5, 5.41) is 0. The van der Waals surface area contributed by atoms with Gasteiger partial charge < -0.3 is 9.64 Å². The molecule has 1 fully saturated rings. The van der Waals surface area contributed by atoms with E-state index in [1.54, 1.807) is 19.2 Å². The topological polar surface area (TPSA) is 29.5 Å². The Bertz CT molecular complexity index is 680. The Morgan fingerprint density at radius 1 is 1.17 bits per heavy atom. The van der Waals surface area contributed by atoms with E-state index in [-0.39, 0.29) is 18.1 Å². The summed E-state index contributed by atoms with van der Waals surface area (Å²) in [4.78, 5) is 14.5. The molecular formula is C19H20FNO2. The molecule has 4 heteroatoms. The Labute approximate surface area is 135 Å². The molecule has 3 nitrogen and oxygen atoms in total. The number of hydrogen-bond donors (Lipinski definition) is 0. The summed E-state index contributed by atoms with van der Waals surface area (Å²) in [7, 11) is 1.63. The zero-order valence-corrected chi connectivity index (χ0v) is 13.2. The van der Waals surface area contributed by atoms with E-state index >= 15 is 0 Å². The van der Waals surface area contributed by atoms with Crippen molar-refractivity contribution in [3.63, 3.8) is 0 Å². The van der Waals surface area contributed by atoms with Gasteiger partial charge in [0.1, 0.15) is 11.6 Å². The highest BCUT2D eigenvalue weighted by Crippen LogP contribution is 2.29. The zero-order chi connectivity index (χ0) is 16.2. The lowest BCUT2D eigenvalue weighted by molar-refractivity contribution is -0.131. The molecule has 0 unspecified atom stereocenters. The van der Waals surface area contributed by atoms with Gasteiger partial charge in [-0.15, -0.1) is 0 Å². The van der Waals surface area contributed by atoms with Gasteiger partial charge in [0.2, 0.25) is 5.91 Å². The summed E-state index contributed by atoms with van der Waals surface area (Å²) in [5.74, 6) is 0.551. The fourth-order valence-corrected chi connectivity index (χ4v) is 2.66. The van der Waals surface area contributed by atoms with Crippen LogP contribution >= 0.6 is 0 Å². The number of carbonyl (C=O) groups excluding carboxylic acids is 1. The van der Waals surface area contributed by atoms with Gasteiger partial charge in [0.15, 0.2) is 0 Å². The fraction of sp³-hybridized carbons (Fsp3) is 0.316. The lowest BCUT2D eigenvalue weighted by Gasteiger charge is -2.23. The van der Waals surface area contributed by atoms with Crippen molar-refractivity contribution in [1.29, 1.82) is 0 Å². The quantitative estimate of drug-likeness (QED) is 0.816. The minimum Gasteiger partial charge on any atom is -0.497 e. The maximum Gasteiger partial charge on any atom is 0.227 e. The number of nitrogens with zero attached hydrogens (tertiary/aromatic N) is 1. The molecule has 0 N–H and O–H groups in total. The van der Waals surface area contributed by atoms with Gasteiger partial charge in [-0.1, -0.05) is 24.3 Å². The van der Waals surface area contributed by atoms with Crippen LogP contribution in [0.15, 0.2) is 48.5 Å². The molecule has 2 aromatic carbocycles. The average molecular weight is 313 g/mol. The van der Waals surface area contributed by atoms with Gasteiger partial charge in [0.25, 0.3) is 0 Å². The molecule has 0 aliphatic heterocycles. The Hall–Kier alpha value is -2.36. The first-order valence-corrected chi connectivity index (χ1v) is 7.82. The molecule has 23 heavy (non-hydrogen) atoms. The van der Waals surface area contributed by atoms with Crippen LogP contribution in [0, 0.1) is 5.82 Å². The third kappa shape index (κ3) is 4.09. The predicted molar refractivity (Wildman–Crippen MR) is 86.7 cm³/mol. The number of rotatable bonds is 6. The summed E-state index contributed by atoms with van der Waals surface area (Å²) in [5.41, 5.74) is 1.79. The largest absolute Gasteiger partial charge is 0.497 e. The van der Waals surface area contributed by atoms with Crippen LogP contribution in [0.1, 0.15) is 24.0 Å². The van der Waals surface area contributed by atoms with Crippen LogP contribution in [-0.4, -0.2) is 24.0 Å². The van der Waals surface area contributed by atoms with Crippen LogP contribution in [-0.2, 0) is 17.8 Å². The highest BCUT2D eigenvalue weighted by atomic mass is 19.1. The molecule has 1 amide bonds. The van der Waals surface area contributed by atoms with E-state index in [0.29, 0.717) is 12.6 Å². The summed E-state index contributed by atoms with van der Waals surface area (Å²) in [6, 6.07) is 14.3. The van der Waals surface area contributed by atoms with E-state index in [1.807, 2.05) is 29.2 Å². The van der Waals surface area contributed by atoms with Crippen molar-refractivity contribution < 1.29 is 13.9 Å². The molecule has 0 bridgehead atoms. The first-order valence-electron chi connectivity index (χ1n) is 7.82. The van der Waals surface area contributed by atoms with Crippen LogP contribution in [0.2, 0.25) is 0 Å². The van der Waals surface area contributed by atoms with Gasteiger partial charge in [-0.05, 0) is 48.2 Å². The predicted octanol–water partition coefficient (Wildman–Crippen LogP) is 3.57. The van der Waals surface area contributed by atoms with Gasteiger partial charge in [0, 0.05) is 12.6 Å². The first kappa shape index (κ1) is 15.5. The monoisotopic (exact) mass is 313 g/mol. The van der Waals surface area contributed by atoms with Crippen LogP contribution in [0.4, 0.5) is 4.39 Å². The molecule has 120 valence electrons. The van der Waals surface area contributed by atoms with Crippen molar-refractivity contribution in [2.24, 2.45) is 0 Å². The Kier molecular flexibility index (Phi) is 4.60. The molecule has 1 aliphatic rings.